The summed E-state index contributed by atoms with van der Waals surface area (Å²) in [5.74, 6) is -33.9. The number of ether oxygens (including phenoxy) is 1. The summed E-state index contributed by atoms with van der Waals surface area (Å²) in [5.41, 5.74) is 0. The van der Waals surface area contributed by atoms with Crippen molar-refractivity contribution < 1.29 is 80.6 Å². The summed E-state index contributed by atoms with van der Waals surface area (Å²) in [6.45, 7) is 0.0840. The van der Waals surface area contributed by atoms with Gasteiger partial charge >= 0.3 is 42.0 Å². The maximum Gasteiger partial charge on any atom is 0.460 e. The largest absolute Gasteiger partial charge is 0.464 e. The Labute approximate surface area is 235 Å². The molecule has 43 heavy (non-hydrogen) atoms. The van der Waals surface area contributed by atoms with Crippen molar-refractivity contribution in [2.45, 2.75) is 113 Å². The quantitative estimate of drug-likeness (QED) is 0.132. The second-order valence-corrected chi connectivity index (χ2v) is 9.77. The van der Waals surface area contributed by atoms with Crippen molar-refractivity contribution in [3.8, 4) is 0 Å². The molecule has 1 atom stereocenters. The number of halogens is 14. The molecule has 0 radical (unpaired) electrons. The van der Waals surface area contributed by atoms with Gasteiger partial charge < -0.3 is 15.0 Å². The van der Waals surface area contributed by atoms with Crippen LogP contribution < -0.4 is 5.32 Å². The highest BCUT2D eigenvalue weighted by atomic mass is 19.4. The number of nitrogens with one attached hydrogen (secondary N) is 1. The number of esters is 1. The fourth-order valence-corrected chi connectivity index (χ4v) is 4.09. The SMILES string of the molecule is CCCOC(=O)[C@H](CCCCN(C(=O)C(F)(F)C(F)(F)C(F)(F)F)C1CCCCC1)NC(=O)C(F)(F)C(F)(F)C(F)(F)F. The molecular formula is C23H28F14N2O4. The van der Waals surface area contributed by atoms with E-state index in [0.717, 1.165) is 5.32 Å². The first-order valence-electron chi connectivity index (χ1n) is 12.8. The number of amides is 2. The van der Waals surface area contributed by atoms with E-state index in [1.54, 1.807) is 0 Å². The lowest BCUT2D eigenvalue weighted by Crippen LogP contribution is -2.61. The van der Waals surface area contributed by atoms with E-state index in [1.807, 2.05) is 0 Å². The van der Waals surface area contributed by atoms with E-state index in [4.69, 9.17) is 0 Å². The molecule has 1 fully saturated rings. The average molecular weight is 662 g/mol. The van der Waals surface area contributed by atoms with Crippen molar-refractivity contribution in [3.05, 3.63) is 0 Å². The zero-order valence-corrected chi connectivity index (χ0v) is 22.3. The molecule has 1 N–H and O–H groups in total. The Balaban J connectivity index is 3.14. The fraction of sp³-hybridized carbons (Fsp3) is 0.870. The molecule has 0 aliphatic heterocycles. The van der Waals surface area contributed by atoms with Gasteiger partial charge in [-0.25, -0.2) is 4.79 Å². The number of nitrogens with zero attached hydrogens (tertiary/aromatic N) is 1. The molecule has 1 aliphatic carbocycles. The first kappa shape index (κ1) is 38.5. The summed E-state index contributed by atoms with van der Waals surface area (Å²) in [6.07, 6.45) is -14.6. The minimum Gasteiger partial charge on any atom is -0.464 e. The molecule has 20 heteroatoms. The van der Waals surface area contributed by atoms with Crippen LogP contribution >= 0.6 is 0 Å². The van der Waals surface area contributed by atoms with Gasteiger partial charge in [-0.05, 0) is 38.5 Å². The topological polar surface area (TPSA) is 75.7 Å². The van der Waals surface area contributed by atoms with Crippen LogP contribution in [-0.4, -0.2) is 84.0 Å². The van der Waals surface area contributed by atoms with E-state index in [0.29, 0.717) is 19.3 Å². The van der Waals surface area contributed by atoms with Crippen molar-refractivity contribution in [1.29, 1.82) is 0 Å². The van der Waals surface area contributed by atoms with Crippen molar-refractivity contribution in [3.63, 3.8) is 0 Å². The number of unbranched alkanes of at least 4 members (excludes halogenated alkanes) is 1. The first-order chi connectivity index (χ1) is 19.4. The van der Waals surface area contributed by atoms with Crippen LogP contribution in [0.4, 0.5) is 61.5 Å². The van der Waals surface area contributed by atoms with Crippen LogP contribution in [0.25, 0.3) is 0 Å². The van der Waals surface area contributed by atoms with E-state index in [2.05, 4.69) is 4.74 Å². The normalized spacial score (nSPS) is 16.9. The lowest BCUT2D eigenvalue weighted by molar-refractivity contribution is -0.346. The number of hydrogen-bond acceptors (Lipinski definition) is 4. The third-order valence-electron chi connectivity index (χ3n) is 6.51. The van der Waals surface area contributed by atoms with Crippen LogP contribution in [0, 0.1) is 0 Å². The molecule has 0 heterocycles. The summed E-state index contributed by atoms with van der Waals surface area (Å²) in [6, 6.07) is -3.51. The van der Waals surface area contributed by atoms with Gasteiger partial charge in [0.15, 0.2) is 0 Å². The Hall–Kier alpha value is -2.57. The minimum absolute atomic E-state index is 0.0517. The number of rotatable bonds is 14. The summed E-state index contributed by atoms with van der Waals surface area (Å²) >= 11 is 0. The molecule has 0 aromatic carbocycles. The molecule has 0 aromatic rings. The third-order valence-corrected chi connectivity index (χ3v) is 6.51. The zero-order valence-electron chi connectivity index (χ0n) is 22.3. The molecule has 6 nitrogen and oxygen atoms in total. The van der Waals surface area contributed by atoms with Crippen LogP contribution in [0.5, 0.6) is 0 Å². The van der Waals surface area contributed by atoms with E-state index < -0.39 is 98.3 Å². The van der Waals surface area contributed by atoms with E-state index in [-0.39, 0.29) is 24.2 Å². The first-order valence-corrected chi connectivity index (χ1v) is 12.8. The van der Waals surface area contributed by atoms with Gasteiger partial charge in [-0.2, -0.15) is 61.5 Å². The molecule has 2 amide bonds. The minimum atomic E-state index is -6.88. The summed E-state index contributed by atoms with van der Waals surface area (Å²) in [7, 11) is 0. The molecule has 1 saturated carbocycles. The monoisotopic (exact) mass is 662 g/mol. The lowest BCUT2D eigenvalue weighted by atomic mass is 9.93. The van der Waals surface area contributed by atoms with Gasteiger partial charge in [0, 0.05) is 12.6 Å². The van der Waals surface area contributed by atoms with E-state index in [9.17, 15) is 75.8 Å². The molecule has 0 saturated heterocycles. The third kappa shape index (κ3) is 8.54. The van der Waals surface area contributed by atoms with E-state index >= 15 is 0 Å². The Morgan fingerprint density at radius 2 is 1.26 bits per heavy atom. The summed E-state index contributed by atoms with van der Waals surface area (Å²) < 4.78 is 189. The van der Waals surface area contributed by atoms with Crippen LogP contribution in [0.15, 0.2) is 0 Å². The van der Waals surface area contributed by atoms with Gasteiger partial charge in [-0.1, -0.05) is 26.2 Å². The molecular weight excluding hydrogens is 634 g/mol. The summed E-state index contributed by atoms with van der Waals surface area (Å²) in [4.78, 5) is 36.4. The molecule has 1 aliphatic rings. The Kier molecular flexibility index (Phi) is 12.5. The molecule has 0 aromatic heterocycles. The molecule has 0 unspecified atom stereocenters. The number of carbonyl (C=O) groups excluding carboxylic acids is 3. The van der Waals surface area contributed by atoms with Gasteiger partial charge in [0.05, 0.1) is 6.61 Å². The summed E-state index contributed by atoms with van der Waals surface area (Å²) in [5, 5.41) is 1.01. The lowest BCUT2D eigenvalue weighted by Gasteiger charge is -2.38. The molecule has 0 spiro atoms. The van der Waals surface area contributed by atoms with E-state index in [1.165, 1.54) is 6.92 Å². The maximum atomic E-state index is 14.2. The maximum absolute atomic E-state index is 14.2. The van der Waals surface area contributed by atoms with Gasteiger partial charge in [-0.3, -0.25) is 9.59 Å². The predicted octanol–water partition coefficient (Wildman–Crippen LogP) is 6.42. The number of carbonyl (C=O) groups is 3. The zero-order chi connectivity index (χ0) is 33.7. The molecule has 1 rings (SSSR count). The Morgan fingerprint density at radius 3 is 1.72 bits per heavy atom. The highest BCUT2D eigenvalue weighted by Gasteiger charge is 2.77. The van der Waals surface area contributed by atoms with Gasteiger partial charge in [0.1, 0.15) is 6.04 Å². The van der Waals surface area contributed by atoms with Crippen molar-refractivity contribution in [2.75, 3.05) is 13.2 Å². The van der Waals surface area contributed by atoms with Gasteiger partial charge in [0.25, 0.3) is 11.8 Å². The van der Waals surface area contributed by atoms with Crippen molar-refractivity contribution in [1.82, 2.24) is 10.2 Å². The van der Waals surface area contributed by atoms with Gasteiger partial charge in [-0.15, -0.1) is 0 Å². The van der Waals surface area contributed by atoms with Crippen molar-refractivity contribution in [2.24, 2.45) is 0 Å². The highest BCUT2D eigenvalue weighted by Crippen LogP contribution is 2.48. The second-order valence-electron chi connectivity index (χ2n) is 9.77. The molecule has 0 bridgehead atoms. The average Bonchev–Trinajstić information content (AvgIpc) is 2.89. The van der Waals surface area contributed by atoms with Gasteiger partial charge in [0.2, 0.25) is 0 Å². The van der Waals surface area contributed by atoms with Crippen LogP contribution in [0.2, 0.25) is 0 Å². The number of hydrogen-bond donors (Lipinski definition) is 1. The number of alkyl halides is 14. The van der Waals surface area contributed by atoms with Crippen LogP contribution in [-0.2, 0) is 19.1 Å². The highest BCUT2D eigenvalue weighted by molar-refractivity contribution is 5.89. The fourth-order valence-electron chi connectivity index (χ4n) is 4.09. The van der Waals surface area contributed by atoms with Crippen LogP contribution in [0.1, 0.15) is 64.7 Å². The van der Waals surface area contributed by atoms with Crippen LogP contribution in [0.3, 0.4) is 0 Å². The van der Waals surface area contributed by atoms with Crippen molar-refractivity contribution >= 4 is 17.8 Å². The second kappa shape index (κ2) is 14.0. The smallest absolute Gasteiger partial charge is 0.460 e. The Morgan fingerprint density at radius 1 is 0.767 bits per heavy atom. The Bertz CT molecular complexity index is 963. The standard InChI is InChI=1S/C23H28F14N2O4/c1-2-12-43-15(40)14(38-16(41)18(24,25)20(28,29)22(32,33)34)10-6-7-11-39(13-8-4-3-5-9-13)17(42)19(26,27)21(30,31)23(35,36)37/h13-14H,2-12H2,1H3,(H,38,41)/t14-/m0/s1. The molecule has 252 valence electrons. The predicted molar refractivity (Wildman–Crippen MR) is 118 cm³/mol.